The zero-order chi connectivity index (χ0) is 10.7. The van der Waals surface area contributed by atoms with Crippen molar-refractivity contribution in [2.24, 2.45) is 5.41 Å². The Balaban J connectivity index is 1.93. The van der Waals surface area contributed by atoms with E-state index in [-0.39, 0.29) is 23.3 Å². The van der Waals surface area contributed by atoms with Crippen molar-refractivity contribution in [2.45, 2.75) is 24.7 Å². The van der Waals surface area contributed by atoms with E-state index >= 15 is 0 Å². The van der Waals surface area contributed by atoms with Crippen molar-refractivity contribution in [2.75, 3.05) is 6.61 Å². The fourth-order valence-electron chi connectivity index (χ4n) is 3.36. The maximum absolute atomic E-state index is 13.6. The van der Waals surface area contributed by atoms with Crippen LogP contribution in [0.4, 0.5) is 4.39 Å². The van der Waals surface area contributed by atoms with Crippen molar-refractivity contribution >= 4 is 11.6 Å². The van der Waals surface area contributed by atoms with Crippen molar-refractivity contribution in [1.29, 1.82) is 0 Å². The van der Waals surface area contributed by atoms with E-state index in [2.05, 4.69) is 0 Å². The minimum Gasteiger partial charge on any atom is -0.396 e. The minimum absolute atomic E-state index is 0.0162. The van der Waals surface area contributed by atoms with Crippen LogP contribution in [0.1, 0.15) is 24.8 Å². The minimum atomic E-state index is -0.161. The second-order valence-corrected chi connectivity index (χ2v) is 5.53. The summed E-state index contributed by atoms with van der Waals surface area (Å²) < 4.78 is 13.6. The first-order chi connectivity index (χ1) is 7.09. The summed E-state index contributed by atoms with van der Waals surface area (Å²) in [6.45, 7) is 0.233. The maximum atomic E-state index is 13.6. The molecule has 3 aliphatic carbocycles. The molecule has 0 atom stereocenters. The number of halogens is 2. The van der Waals surface area contributed by atoms with Crippen molar-refractivity contribution < 1.29 is 9.50 Å². The molecule has 3 saturated carbocycles. The Bertz CT molecular complexity index is 410. The van der Waals surface area contributed by atoms with E-state index in [4.69, 9.17) is 16.7 Å². The Kier molecular flexibility index (Phi) is 1.76. The van der Waals surface area contributed by atoms with Gasteiger partial charge in [-0.25, -0.2) is 4.39 Å². The van der Waals surface area contributed by atoms with Crippen LogP contribution in [0.3, 0.4) is 0 Å². The summed E-state index contributed by atoms with van der Waals surface area (Å²) in [6, 6.07) is 4.74. The molecule has 0 unspecified atom stereocenters. The molecule has 1 N–H and O–H groups in total. The van der Waals surface area contributed by atoms with Gasteiger partial charge in [0.25, 0.3) is 0 Å². The van der Waals surface area contributed by atoms with E-state index in [1.807, 2.05) is 0 Å². The van der Waals surface area contributed by atoms with E-state index in [0.717, 1.165) is 24.8 Å². The molecular weight excluding hydrogens is 215 g/mol. The summed E-state index contributed by atoms with van der Waals surface area (Å²) in [5.74, 6) is -0.161. The molecule has 2 bridgehead atoms. The molecule has 0 saturated heterocycles. The van der Waals surface area contributed by atoms with Crippen molar-refractivity contribution in [3.8, 4) is 0 Å². The molecule has 1 aromatic carbocycles. The van der Waals surface area contributed by atoms with Crippen molar-refractivity contribution in [3.63, 3.8) is 0 Å². The normalized spacial score (nSPS) is 37.0. The predicted octanol–water partition coefficient (Wildman–Crippen LogP) is 2.89. The van der Waals surface area contributed by atoms with E-state index in [1.54, 1.807) is 12.1 Å². The molecule has 0 heterocycles. The zero-order valence-electron chi connectivity index (χ0n) is 8.26. The van der Waals surface area contributed by atoms with Gasteiger partial charge in [0.05, 0.1) is 0 Å². The van der Waals surface area contributed by atoms with Gasteiger partial charge in [0.2, 0.25) is 0 Å². The first-order valence-electron chi connectivity index (χ1n) is 5.16. The average Bonchev–Trinajstić information content (AvgIpc) is 2.07. The summed E-state index contributed by atoms with van der Waals surface area (Å²) in [5, 5.41) is 9.74. The average molecular weight is 227 g/mol. The third-order valence-electron chi connectivity index (χ3n) is 3.98. The van der Waals surface area contributed by atoms with Crippen LogP contribution in [0, 0.1) is 11.2 Å². The number of benzene rings is 1. The summed E-state index contributed by atoms with van der Waals surface area (Å²) in [4.78, 5) is 0. The Morgan fingerprint density at radius 2 is 2.00 bits per heavy atom. The van der Waals surface area contributed by atoms with Crippen LogP contribution in [0.2, 0.25) is 5.02 Å². The van der Waals surface area contributed by atoms with Gasteiger partial charge in [0.15, 0.2) is 0 Å². The highest BCUT2D eigenvalue weighted by molar-refractivity contribution is 6.30. The van der Waals surface area contributed by atoms with Crippen LogP contribution >= 0.6 is 11.6 Å². The number of rotatable bonds is 2. The first-order valence-corrected chi connectivity index (χ1v) is 5.54. The van der Waals surface area contributed by atoms with Crippen LogP contribution in [0.5, 0.6) is 0 Å². The van der Waals surface area contributed by atoms with Gasteiger partial charge in [-0.1, -0.05) is 11.6 Å². The van der Waals surface area contributed by atoms with Gasteiger partial charge in [-0.2, -0.15) is 0 Å². The van der Waals surface area contributed by atoms with Gasteiger partial charge in [-0.3, -0.25) is 0 Å². The number of hydrogen-bond acceptors (Lipinski definition) is 1. The van der Waals surface area contributed by atoms with Gasteiger partial charge in [0.1, 0.15) is 5.82 Å². The molecule has 0 aromatic heterocycles. The molecular formula is C12H12ClFO. The standard InChI is InChI=1S/C12H12ClFO/c13-8-1-2-10(14)9(3-8)12-4-11(5-12,6-12)7-15/h1-3,15H,4-7H2. The van der Waals surface area contributed by atoms with Gasteiger partial charge >= 0.3 is 0 Å². The highest BCUT2D eigenvalue weighted by atomic mass is 35.5. The Morgan fingerprint density at radius 1 is 1.33 bits per heavy atom. The molecule has 1 nitrogen and oxygen atoms in total. The third kappa shape index (κ3) is 1.12. The lowest BCUT2D eigenvalue weighted by molar-refractivity contribution is -0.169. The van der Waals surface area contributed by atoms with E-state index in [9.17, 15) is 4.39 Å². The van der Waals surface area contributed by atoms with Crippen molar-refractivity contribution in [1.82, 2.24) is 0 Å². The summed E-state index contributed by atoms with van der Waals surface area (Å²) >= 11 is 5.87. The lowest BCUT2D eigenvalue weighted by atomic mass is 9.34. The van der Waals surface area contributed by atoms with Crippen LogP contribution in [-0.2, 0) is 5.41 Å². The second kappa shape index (κ2) is 2.74. The van der Waals surface area contributed by atoms with E-state index in [0.29, 0.717) is 5.02 Å². The molecule has 0 amide bonds. The highest BCUT2D eigenvalue weighted by Gasteiger charge is 2.68. The van der Waals surface area contributed by atoms with Crippen LogP contribution < -0.4 is 0 Å². The SMILES string of the molecule is OCC12CC(c3cc(Cl)ccc3F)(C1)C2. The van der Waals surface area contributed by atoms with Crippen molar-refractivity contribution in [3.05, 3.63) is 34.6 Å². The topological polar surface area (TPSA) is 20.2 Å². The zero-order valence-corrected chi connectivity index (χ0v) is 9.02. The number of aliphatic hydroxyl groups is 1. The van der Waals surface area contributed by atoms with E-state index < -0.39 is 0 Å². The summed E-state index contributed by atoms with van der Waals surface area (Å²) in [6.07, 6.45) is 2.73. The monoisotopic (exact) mass is 226 g/mol. The smallest absolute Gasteiger partial charge is 0.127 e. The third-order valence-corrected chi connectivity index (χ3v) is 4.21. The predicted molar refractivity (Wildman–Crippen MR) is 56.5 cm³/mol. The molecule has 80 valence electrons. The maximum Gasteiger partial charge on any atom is 0.127 e. The molecule has 4 rings (SSSR count). The Labute approximate surface area is 92.9 Å². The van der Waals surface area contributed by atoms with E-state index in [1.165, 1.54) is 6.07 Å². The molecule has 0 radical (unpaired) electrons. The molecule has 3 fully saturated rings. The molecule has 0 spiro atoms. The number of aliphatic hydroxyl groups excluding tert-OH is 1. The number of hydrogen-bond donors (Lipinski definition) is 1. The van der Waals surface area contributed by atoms with Crippen LogP contribution in [0.25, 0.3) is 0 Å². The fourth-order valence-corrected chi connectivity index (χ4v) is 3.53. The molecule has 3 heteroatoms. The quantitative estimate of drug-likeness (QED) is 0.822. The first kappa shape index (κ1) is 9.61. The lowest BCUT2D eigenvalue weighted by Crippen LogP contribution is -2.66. The summed E-state index contributed by atoms with van der Waals surface area (Å²) in [5.41, 5.74) is 0.831. The van der Waals surface area contributed by atoms with Gasteiger partial charge in [-0.15, -0.1) is 0 Å². The second-order valence-electron chi connectivity index (χ2n) is 5.09. The largest absolute Gasteiger partial charge is 0.396 e. The molecule has 3 aliphatic rings. The lowest BCUT2D eigenvalue weighted by Gasteiger charge is -2.70. The van der Waals surface area contributed by atoms with Gasteiger partial charge in [-0.05, 0) is 48.4 Å². The molecule has 0 aliphatic heterocycles. The van der Waals surface area contributed by atoms with Crippen LogP contribution in [0.15, 0.2) is 18.2 Å². The van der Waals surface area contributed by atoms with Gasteiger partial charge < -0.3 is 5.11 Å². The molecule has 15 heavy (non-hydrogen) atoms. The fraction of sp³-hybridized carbons (Fsp3) is 0.500. The molecule has 1 aromatic rings. The van der Waals surface area contributed by atoms with Crippen LogP contribution in [-0.4, -0.2) is 11.7 Å². The Hall–Kier alpha value is -0.600. The summed E-state index contributed by atoms with van der Waals surface area (Å²) in [7, 11) is 0. The highest BCUT2D eigenvalue weighted by Crippen LogP contribution is 2.73. The Morgan fingerprint density at radius 3 is 2.60 bits per heavy atom. The van der Waals surface area contributed by atoms with Gasteiger partial charge in [0, 0.05) is 17.0 Å².